The van der Waals surface area contributed by atoms with E-state index in [0.717, 1.165) is 5.56 Å². The first-order valence-corrected chi connectivity index (χ1v) is 10.2. The first-order valence-electron chi connectivity index (χ1n) is 9.19. The van der Waals surface area contributed by atoms with Crippen LogP contribution in [0.15, 0.2) is 72.8 Å². The van der Waals surface area contributed by atoms with Crippen LogP contribution in [0.25, 0.3) is 0 Å². The van der Waals surface area contributed by atoms with Crippen LogP contribution in [0.3, 0.4) is 0 Å². The number of benzene rings is 3. The summed E-state index contributed by atoms with van der Waals surface area (Å²) < 4.78 is 14.0. The van der Waals surface area contributed by atoms with E-state index in [4.69, 9.17) is 0 Å². The summed E-state index contributed by atoms with van der Waals surface area (Å²) in [7, 11) is 0. The third-order valence-corrected chi connectivity index (χ3v) is 6.00. The van der Waals surface area contributed by atoms with Crippen molar-refractivity contribution in [3.8, 4) is 0 Å². The van der Waals surface area contributed by atoms with E-state index in [0.29, 0.717) is 28.3 Å². The highest BCUT2D eigenvalue weighted by Gasteiger charge is 2.34. The Balaban J connectivity index is 1.54. The molecule has 1 aliphatic rings. The van der Waals surface area contributed by atoms with Gasteiger partial charge in [0.2, 0.25) is 5.91 Å². The summed E-state index contributed by atoms with van der Waals surface area (Å²) in [5, 5.41) is 2.63. The van der Waals surface area contributed by atoms with E-state index in [-0.39, 0.29) is 23.0 Å². The van der Waals surface area contributed by atoms with Gasteiger partial charge < -0.3 is 5.32 Å². The van der Waals surface area contributed by atoms with E-state index in [1.807, 2.05) is 42.5 Å². The molecule has 1 heterocycles. The van der Waals surface area contributed by atoms with E-state index >= 15 is 0 Å². The van der Waals surface area contributed by atoms with Gasteiger partial charge in [0.05, 0.1) is 5.75 Å². The summed E-state index contributed by atoms with van der Waals surface area (Å²) in [5.74, 6) is -0.220. The average molecular weight is 406 g/mol. The van der Waals surface area contributed by atoms with Crippen molar-refractivity contribution in [2.45, 2.75) is 12.3 Å². The Labute approximate surface area is 172 Å². The second kappa shape index (κ2) is 8.09. The molecular weight excluding hydrogens is 387 g/mol. The molecule has 1 unspecified atom stereocenters. The van der Waals surface area contributed by atoms with Crippen molar-refractivity contribution in [1.82, 2.24) is 0 Å². The molecule has 0 aliphatic carbocycles. The third-order valence-electron chi connectivity index (χ3n) is 4.79. The van der Waals surface area contributed by atoms with Gasteiger partial charge in [-0.2, -0.15) is 0 Å². The van der Waals surface area contributed by atoms with Crippen LogP contribution in [0, 0.1) is 12.7 Å². The number of amides is 2. The summed E-state index contributed by atoms with van der Waals surface area (Å²) in [6.45, 7) is 1.69. The van der Waals surface area contributed by atoms with Gasteiger partial charge in [-0.05, 0) is 54.4 Å². The number of halogens is 1. The summed E-state index contributed by atoms with van der Waals surface area (Å²) in [6.07, 6.45) is 0. The third kappa shape index (κ3) is 4.03. The van der Waals surface area contributed by atoms with Gasteiger partial charge in [0.1, 0.15) is 11.2 Å². The highest BCUT2D eigenvalue weighted by molar-refractivity contribution is 8.00. The van der Waals surface area contributed by atoms with E-state index in [1.165, 1.54) is 17.8 Å². The minimum Gasteiger partial charge on any atom is -0.322 e. The van der Waals surface area contributed by atoms with Gasteiger partial charge in [0.25, 0.3) is 5.91 Å². The predicted molar refractivity (Wildman–Crippen MR) is 115 cm³/mol. The summed E-state index contributed by atoms with van der Waals surface area (Å²) in [4.78, 5) is 26.4. The Bertz CT molecular complexity index is 1050. The first kappa shape index (κ1) is 19.2. The molecule has 4 rings (SSSR count). The molecule has 0 aromatic heterocycles. The molecule has 4 nitrogen and oxygen atoms in total. The Kier molecular flexibility index (Phi) is 5.36. The SMILES string of the molecule is Cc1ccc(N2C(=O)CSC2c2ccc(NC(=O)c3ccccc3)cc2)cc1F. The Hall–Kier alpha value is -3.12. The van der Waals surface area contributed by atoms with E-state index in [9.17, 15) is 14.0 Å². The molecule has 1 N–H and O–H groups in total. The minimum atomic E-state index is -0.329. The molecular formula is C23H19FN2O2S. The maximum Gasteiger partial charge on any atom is 0.255 e. The molecule has 0 spiro atoms. The van der Waals surface area contributed by atoms with Crippen molar-refractivity contribution in [1.29, 1.82) is 0 Å². The zero-order valence-corrected chi connectivity index (χ0v) is 16.6. The first-order chi connectivity index (χ1) is 14.0. The summed E-state index contributed by atoms with van der Waals surface area (Å²) >= 11 is 1.50. The maximum atomic E-state index is 14.0. The quantitative estimate of drug-likeness (QED) is 0.651. The zero-order valence-electron chi connectivity index (χ0n) is 15.8. The van der Waals surface area contributed by atoms with E-state index < -0.39 is 0 Å². The molecule has 6 heteroatoms. The number of carbonyl (C=O) groups excluding carboxylic acids is 2. The van der Waals surface area contributed by atoms with Crippen molar-refractivity contribution < 1.29 is 14.0 Å². The molecule has 29 heavy (non-hydrogen) atoms. The average Bonchev–Trinajstić information content (AvgIpc) is 3.12. The van der Waals surface area contributed by atoms with Crippen LogP contribution >= 0.6 is 11.8 Å². The van der Waals surface area contributed by atoms with Gasteiger partial charge >= 0.3 is 0 Å². The number of nitrogens with zero attached hydrogens (tertiary/aromatic N) is 1. The van der Waals surface area contributed by atoms with Crippen LogP contribution in [0.5, 0.6) is 0 Å². The monoisotopic (exact) mass is 406 g/mol. The lowest BCUT2D eigenvalue weighted by Crippen LogP contribution is -2.28. The number of aryl methyl sites for hydroxylation is 1. The number of hydrogen-bond donors (Lipinski definition) is 1. The number of anilines is 2. The van der Waals surface area contributed by atoms with Crippen LogP contribution in [0.4, 0.5) is 15.8 Å². The molecule has 146 valence electrons. The lowest BCUT2D eigenvalue weighted by Gasteiger charge is -2.25. The number of carbonyl (C=O) groups is 2. The number of hydrogen-bond acceptors (Lipinski definition) is 3. The number of nitrogens with one attached hydrogen (secondary N) is 1. The van der Waals surface area contributed by atoms with Gasteiger partial charge in [-0.3, -0.25) is 14.5 Å². The minimum absolute atomic E-state index is 0.0512. The molecule has 2 amide bonds. The summed E-state index contributed by atoms with van der Waals surface area (Å²) in [6, 6.07) is 21.2. The highest BCUT2D eigenvalue weighted by atomic mass is 32.2. The van der Waals surface area contributed by atoms with Crippen molar-refractivity contribution >= 4 is 35.0 Å². The Morgan fingerprint density at radius 3 is 2.48 bits per heavy atom. The van der Waals surface area contributed by atoms with Crippen LogP contribution < -0.4 is 10.2 Å². The van der Waals surface area contributed by atoms with Crippen LogP contribution in [-0.4, -0.2) is 17.6 Å². The zero-order chi connectivity index (χ0) is 20.4. The second-order valence-corrected chi connectivity index (χ2v) is 7.87. The van der Waals surface area contributed by atoms with Crippen molar-refractivity contribution in [2.24, 2.45) is 0 Å². The normalized spacial score (nSPS) is 16.1. The van der Waals surface area contributed by atoms with Crippen molar-refractivity contribution in [3.63, 3.8) is 0 Å². The fraction of sp³-hybridized carbons (Fsp3) is 0.130. The fourth-order valence-corrected chi connectivity index (χ4v) is 4.38. The Morgan fingerprint density at radius 1 is 1.07 bits per heavy atom. The molecule has 1 atom stereocenters. The maximum absolute atomic E-state index is 14.0. The van der Waals surface area contributed by atoms with E-state index in [2.05, 4.69) is 5.32 Å². The number of rotatable bonds is 4. The molecule has 0 saturated carbocycles. The molecule has 3 aromatic rings. The van der Waals surface area contributed by atoms with Crippen molar-refractivity contribution in [3.05, 3.63) is 95.3 Å². The predicted octanol–water partition coefficient (Wildman–Crippen LogP) is 5.17. The molecule has 1 aliphatic heterocycles. The van der Waals surface area contributed by atoms with Gasteiger partial charge in [0, 0.05) is 16.9 Å². The molecule has 3 aromatic carbocycles. The van der Waals surface area contributed by atoms with E-state index in [1.54, 1.807) is 36.1 Å². The topological polar surface area (TPSA) is 49.4 Å². The Morgan fingerprint density at radius 2 is 1.79 bits per heavy atom. The van der Waals surface area contributed by atoms with Crippen LogP contribution in [0.2, 0.25) is 0 Å². The fourth-order valence-electron chi connectivity index (χ4n) is 3.21. The second-order valence-electron chi connectivity index (χ2n) is 6.80. The van der Waals surface area contributed by atoms with Gasteiger partial charge in [-0.1, -0.05) is 36.4 Å². The van der Waals surface area contributed by atoms with Gasteiger partial charge in [0.15, 0.2) is 0 Å². The van der Waals surface area contributed by atoms with Crippen LogP contribution in [0.1, 0.15) is 26.9 Å². The van der Waals surface area contributed by atoms with Crippen LogP contribution in [-0.2, 0) is 4.79 Å². The highest BCUT2D eigenvalue weighted by Crippen LogP contribution is 2.42. The smallest absolute Gasteiger partial charge is 0.255 e. The lowest BCUT2D eigenvalue weighted by molar-refractivity contribution is -0.115. The van der Waals surface area contributed by atoms with Gasteiger partial charge in [-0.25, -0.2) is 4.39 Å². The standard InChI is InChI=1S/C23H19FN2O2S/c1-15-7-12-19(13-20(15)24)26-21(27)14-29-23(26)17-8-10-18(11-9-17)25-22(28)16-5-3-2-4-6-16/h2-13,23H,14H2,1H3,(H,25,28). The summed E-state index contributed by atoms with van der Waals surface area (Å²) in [5.41, 5.74) is 3.27. The molecule has 0 bridgehead atoms. The lowest BCUT2D eigenvalue weighted by atomic mass is 10.1. The number of thioether (sulfide) groups is 1. The largest absolute Gasteiger partial charge is 0.322 e. The van der Waals surface area contributed by atoms with Gasteiger partial charge in [-0.15, -0.1) is 11.8 Å². The molecule has 1 saturated heterocycles. The molecule has 1 fully saturated rings. The molecule has 0 radical (unpaired) electrons. The van der Waals surface area contributed by atoms with Crippen molar-refractivity contribution in [2.75, 3.05) is 16.0 Å².